The van der Waals surface area contributed by atoms with Crippen LogP contribution in [0.3, 0.4) is 0 Å². The molecule has 10 rings (SSSR count). The Balaban J connectivity index is 1.26. The largest absolute Gasteiger partial charge is 0.457 e. The molecular weight excluding hydrogens is 609 g/mol. The van der Waals surface area contributed by atoms with Gasteiger partial charge >= 0.3 is 0 Å². The maximum absolute atomic E-state index is 6.63. The molecule has 0 bridgehead atoms. The van der Waals surface area contributed by atoms with Crippen molar-refractivity contribution in [3.05, 3.63) is 204 Å². The summed E-state index contributed by atoms with van der Waals surface area (Å²) in [6, 6.07) is 64.2. The zero-order chi connectivity index (χ0) is 33.1. The number of hydrogen-bond donors (Lipinski definition) is 0. The van der Waals surface area contributed by atoms with E-state index in [9.17, 15) is 0 Å². The monoisotopic (exact) mass is 638 g/mol. The summed E-state index contributed by atoms with van der Waals surface area (Å²) in [6.45, 7) is 0. The second-order valence-corrected chi connectivity index (χ2v) is 12.9. The van der Waals surface area contributed by atoms with Crippen molar-refractivity contribution in [2.75, 3.05) is 0 Å². The second-order valence-electron chi connectivity index (χ2n) is 12.9. The smallest absolute Gasteiger partial charge is 0.160 e. The molecule has 7 aromatic carbocycles. The SMILES string of the molecule is c1ccc(-c2ccc3c(c2)C2(c4ccccc4Oc4ccccc42)c2cc(-c4cc(-c5ccccc5)nc(-c5ccccc5)n4)ccc2-3)cc1. The van der Waals surface area contributed by atoms with Crippen LogP contribution in [-0.2, 0) is 5.41 Å². The maximum Gasteiger partial charge on any atom is 0.160 e. The first kappa shape index (κ1) is 28.4. The van der Waals surface area contributed by atoms with Crippen LogP contribution in [0, 0.1) is 0 Å². The molecule has 0 N–H and O–H groups in total. The van der Waals surface area contributed by atoms with E-state index >= 15 is 0 Å². The molecule has 1 aromatic heterocycles. The molecule has 234 valence electrons. The molecule has 2 aliphatic rings. The molecule has 1 aliphatic heterocycles. The number of fused-ring (bicyclic) bond motifs is 9. The normalized spacial score (nSPS) is 13.1. The van der Waals surface area contributed by atoms with E-state index in [2.05, 4.69) is 158 Å². The second kappa shape index (κ2) is 11.3. The molecule has 2 heterocycles. The maximum atomic E-state index is 6.63. The number of aromatic nitrogens is 2. The lowest BCUT2D eigenvalue weighted by Crippen LogP contribution is -2.32. The highest BCUT2D eigenvalue weighted by atomic mass is 16.5. The third kappa shape index (κ3) is 4.30. The molecule has 8 aromatic rings. The van der Waals surface area contributed by atoms with Gasteiger partial charge < -0.3 is 4.74 Å². The number of benzene rings is 7. The summed E-state index contributed by atoms with van der Waals surface area (Å²) >= 11 is 0. The zero-order valence-electron chi connectivity index (χ0n) is 27.1. The topological polar surface area (TPSA) is 35.0 Å². The fraction of sp³-hybridized carbons (Fsp3) is 0.0213. The van der Waals surface area contributed by atoms with Crippen molar-refractivity contribution in [2.45, 2.75) is 5.41 Å². The Morgan fingerprint density at radius 3 is 1.40 bits per heavy atom. The van der Waals surface area contributed by atoms with Gasteiger partial charge in [0, 0.05) is 27.8 Å². The highest BCUT2D eigenvalue weighted by molar-refractivity contribution is 5.92. The van der Waals surface area contributed by atoms with Gasteiger partial charge in [0.15, 0.2) is 5.82 Å². The van der Waals surface area contributed by atoms with Crippen molar-refractivity contribution in [1.29, 1.82) is 0 Å². The standard InChI is InChI=1S/C47H30N2O/c1-4-14-31(15-5-1)34-24-26-36-37-27-25-35(43-30-42(32-16-6-2-7-17-32)48-46(49-43)33-18-8-3-9-19-33)29-41(37)47(40(36)28-34)38-20-10-12-22-44(38)50-45-23-13-11-21-39(45)47/h1-30H. The van der Waals surface area contributed by atoms with Crippen LogP contribution in [-0.4, -0.2) is 9.97 Å². The molecule has 0 fully saturated rings. The highest BCUT2D eigenvalue weighted by Crippen LogP contribution is 2.62. The van der Waals surface area contributed by atoms with Gasteiger partial charge in [-0.25, -0.2) is 9.97 Å². The Kier molecular flexibility index (Phi) is 6.40. The predicted molar refractivity (Wildman–Crippen MR) is 201 cm³/mol. The summed E-state index contributed by atoms with van der Waals surface area (Å²) in [5.74, 6) is 2.45. The number of hydrogen-bond acceptors (Lipinski definition) is 3. The highest BCUT2D eigenvalue weighted by Gasteiger charge is 2.51. The summed E-state index contributed by atoms with van der Waals surface area (Å²) < 4.78 is 6.63. The van der Waals surface area contributed by atoms with Crippen molar-refractivity contribution >= 4 is 0 Å². The van der Waals surface area contributed by atoms with Crippen LogP contribution < -0.4 is 4.74 Å². The van der Waals surface area contributed by atoms with Crippen LogP contribution in [0.1, 0.15) is 22.3 Å². The third-order valence-electron chi connectivity index (χ3n) is 10.2. The molecule has 0 amide bonds. The van der Waals surface area contributed by atoms with Gasteiger partial charge in [-0.2, -0.15) is 0 Å². The van der Waals surface area contributed by atoms with E-state index in [-0.39, 0.29) is 0 Å². The lowest BCUT2D eigenvalue weighted by molar-refractivity contribution is 0.436. The Bertz CT molecular complexity index is 2460. The molecule has 0 radical (unpaired) electrons. The van der Waals surface area contributed by atoms with Crippen LogP contribution in [0.5, 0.6) is 11.5 Å². The molecule has 0 saturated heterocycles. The molecule has 1 aliphatic carbocycles. The fourth-order valence-corrected chi connectivity index (χ4v) is 7.94. The van der Waals surface area contributed by atoms with Crippen LogP contribution in [0.15, 0.2) is 182 Å². The fourth-order valence-electron chi connectivity index (χ4n) is 7.94. The van der Waals surface area contributed by atoms with E-state index < -0.39 is 5.41 Å². The van der Waals surface area contributed by atoms with Crippen molar-refractivity contribution < 1.29 is 4.74 Å². The van der Waals surface area contributed by atoms with E-state index in [0.717, 1.165) is 50.7 Å². The Morgan fingerprint density at radius 2 is 0.800 bits per heavy atom. The van der Waals surface area contributed by atoms with Crippen LogP contribution in [0.2, 0.25) is 0 Å². The minimum absolute atomic E-state index is 0.603. The van der Waals surface area contributed by atoms with Crippen molar-refractivity contribution in [2.24, 2.45) is 0 Å². The van der Waals surface area contributed by atoms with Gasteiger partial charge in [-0.05, 0) is 63.7 Å². The first-order valence-corrected chi connectivity index (χ1v) is 17.0. The van der Waals surface area contributed by atoms with E-state index in [4.69, 9.17) is 14.7 Å². The van der Waals surface area contributed by atoms with Crippen molar-refractivity contribution in [3.63, 3.8) is 0 Å². The molecule has 0 atom stereocenters. The Morgan fingerprint density at radius 1 is 0.340 bits per heavy atom. The Labute approximate surface area is 291 Å². The van der Waals surface area contributed by atoms with Crippen LogP contribution in [0.4, 0.5) is 0 Å². The predicted octanol–water partition coefficient (Wildman–Crippen LogP) is 11.6. The average molecular weight is 639 g/mol. The number of para-hydroxylation sites is 2. The lowest BCUT2D eigenvalue weighted by atomic mass is 9.65. The minimum atomic E-state index is -0.603. The number of rotatable bonds is 4. The third-order valence-corrected chi connectivity index (χ3v) is 10.2. The van der Waals surface area contributed by atoms with Gasteiger partial charge in [-0.15, -0.1) is 0 Å². The first-order chi connectivity index (χ1) is 24.8. The van der Waals surface area contributed by atoms with Crippen LogP contribution in [0.25, 0.3) is 56.2 Å². The summed E-state index contributed by atoms with van der Waals surface area (Å²) in [5.41, 5.74) is 13.8. The van der Waals surface area contributed by atoms with Gasteiger partial charge in [-0.3, -0.25) is 0 Å². The number of ether oxygens (including phenoxy) is 1. The lowest BCUT2D eigenvalue weighted by Gasteiger charge is -2.39. The average Bonchev–Trinajstić information content (AvgIpc) is 3.48. The van der Waals surface area contributed by atoms with E-state index in [1.165, 1.54) is 33.4 Å². The van der Waals surface area contributed by atoms with Crippen LogP contribution >= 0.6 is 0 Å². The van der Waals surface area contributed by atoms with E-state index in [1.807, 2.05) is 24.3 Å². The Hall–Kier alpha value is -6.58. The molecule has 1 spiro atoms. The van der Waals surface area contributed by atoms with Crippen molar-refractivity contribution in [3.8, 4) is 67.7 Å². The minimum Gasteiger partial charge on any atom is -0.457 e. The molecule has 50 heavy (non-hydrogen) atoms. The molecule has 3 heteroatoms. The summed E-state index contributed by atoms with van der Waals surface area (Å²) in [5, 5.41) is 0. The molecule has 3 nitrogen and oxygen atoms in total. The molecular formula is C47H30N2O. The van der Waals surface area contributed by atoms with Gasteiger partial charge in [0.2, 0.25) is 0 Å². The van der Waals surface area contributed by atoms with E-state index in [1.54, 1.807) is 0 Å². The van der Waals surface area contributed by atoms with Gasteiger partial charge in [0.25, 0.3) is 0 Å². The van der Waals surface area contributed by atoms with Crippen molar-refractivity contribution in [1.82, 2.24) is 9.97 Å². The summed E-state index contributed by atoms with van der Waals surface area (Å²) in [4.78, 5) is 10.3. The van der Waals surface area contributed by atoms with Gasteiger partial charge in [0.05, 0.1) is 16.8 Å². The quantitative estimate of drug-likeness (QED) is 0.192. The first-order valence-electron chi connectivity index (χ1n) is 17.0. The molecule has 0 saturated carbocycles. The number of nitrogens with zero attached hydrogens (tertiary/aromatic N) is 2. The van der Waals surface area contributed by atoms with Gasteiger partial charge in [-0.1, -0.05) is 152 Å². The summed E-state index contributed by atoms with van der Waals surface area (Å²) in [6.07, 6.45) is 0. The molecule has 0 unspecified atom stereocenters. The van der Waals surface area contributed by atoms with E-state index in [0.29, 0.717) is 5.82 Å². The summed E-state index contributed by atoms with van der Waals surface area (Å²) in [7, 11) is 0. The zero-order valence-corrected chi connectivity index (χ0v) is 27.1. The van der Waals surface area contributed by atoms with Gasteiger partial charge in [0.1, 0.15) is 11.5 Å².